The molecule has 0 amide bonds. The van der Waals surface area contributed by atoms with Gasteiger partial charge in [0.25, 0.3) is 0 Å². The largest absolute Gasteiger partial charge is 0.445 e. The predicted molar refractivity (Wildman–Crippen MR) is 76.9 cm³/mol. The molecule has 0 fully saturated rings. The molecule has 30 heteroatoms. The summed E-state index contributed by atoms with van der Waals surface area (Å²) in [6, 6.07) is 0. The van der Waals surface area contributed by atoms with E-state index < -0.39 is 89.1 Å². The molecule has 0 rings (SSSR count). The molecule has 270 valence electrons. The fourth-order valence-corrected chi connectivity index (χ4v) is 2.36. The van der Waals surface area contributed by atoms with Crippen molar-refractivity contribution in [1.29, 1.82) is 0 Å². The molecule has 0 aromatic rings. The lowest BCUT2D eigenvalue weighted by molar-refractivity contribution is -0.485. The lowest BCUT2D eigenvalue weighted by atomic mass is 9.84. The van der Waals surface area contributed by atoms with E-state index in [0.717, 1.165) is 0 Å². The van der Waals surface area contributed by atoms with Gasteiger partial charge in [-0.3, -0.25) is 0 Å². The topological polar surface area (TPSA) is 20.2 Å². The van der Waals surface area contributed by atoms with E-state index in [1.165, 1.54) is 0 Å². The van der Waals surface area contributed by atoms with Crippen LogP contribution in [0.2, 0.25) is 0 Å². The number of aliphatic hydroxyl groups is 1. The van der Waals surface area contributed by atoms with Crippen LogP contribution in [0, 0.1) is 0 Å². The minimum Gasteiger partial charge on any atom is -0.331 e. The fraction of sp³-hybridized carbons (Fsp3) is 0.867. The van der Waals surface area contributed by atoms with Crippen LogP contribution >= 0.6 is 0 Å². The first kappa shape index (κ1) is 42.7. The number of alkyl halides is 27. The van der Waals surface area contributed by atoms with E-state index in [2.05, 4.69) is 0 Å². The van der Waals surface area contributed by atoms with Crippen LogP contribution < -0.4 is 0 Å². The molecular weight excluding hydrogens is 747 g/mol. The Kier molecular flexibility index (Phi) is 9.80. The Balaban J connectivity index is 7.53. The van der Waals surface area contributed by atoms with Crippen molar-refractivity contribution in [3.05, 3.63) is 11.7 Å². The van der Waals surface area contributed by atoms with Crippen LogP contribution in [0.1, 0.15) is 0 Å². The quantitative estimate of drug-likeness (QED) is 0.198. The lowest BCUT2D eigenvalue weighted by Gasteiger charge is -2.45. The maximum absolute atomic E-state index is 13.6. The molecule has 1 nitrogen and oxygen atoms in total. The Morgan fingerprint density at radius 1 is 0.267 bits per heavy atom. The first-order valence-electron chi connectivity index (χ1n) is 9.20. The maximum atomic E-state index is 13.6. The van der Waals surface area contributed by atoms with Gasteiger partial charge < -0.3 is 5.11 Å². The smallest absolute Gasteiger partial charge is 0.331 e. The minimum absolute atomic E-state index is 5.29. The van der Waals surface area contributed by atoms with Gasteiger partial charge in [0.1, 0.15) is 0 Å². The number of hydrogen-bond donors (Lipinski definition) is 1. The van der Waals surface area contributed by atoms with Crippen LogP contribution in [0.15, 0.2) is 11.7 Å². The highest BCUT2D eigenvalue weighted by molar-refractivity contribution is 5.24. The van der Waals surface area contributed by atoms with E-state index in [1.807, 2.05) is 0 Å². The van der Waals surface area contributed by atoms with Crippen molar-refractivity contribution in [2.45, 2.75) is 77.4 Å². The van der Waals surface area contributed by atoms with Crippen molar-refractivity contribution in [2.24, 2.45) is 0 Å². The minimum atomic E-state index is -9.88. The van der Waals surface area contributed by atoms with Gasteiger partial charge in [0.15, 0.2) is 0 Å². The highest BCUT2D eigenvalue weighted by Crippen LogP contribution is 2.68. The maximum Gasteiger partial charge on any atom is 0.445 e. The van der Waals surface area contributed by atoms with Crippen LogP contribution in [-0.2, 0) is 0 Å². The van der Waals surface area contributed by atoms with Crippen molar-refractivity contribution < 1.29 is 132 Å². The lowest BCUT2D eigenvalue weighted by Crippen LogP contribution is -2.78. The summed E-state index contributed by atoms with van der Waals surface area (Å²) in [7, 11) is 0. The van der Waals surface area contributed by atoms with Gasteiger partial charge in [-0.15, -0.1) is 0 Å². The van der Waals surface area contributed by atoms with Gasteiger partial charge in [-0.1, -0.05) is 0 Å². The molecule has 0 aliphatic rings. The zero-order valence-electron chi connectivity index (χ0n) is 18.9. The zero-order valence-corrected chi connectivity index (χ0v) is 18.9. The predicted octanol–water partition coefficient (Wildman–Crippen LogP) is 9.27. The van der Waals surface area contributed by atoms with E-state index >= 15 is 0 Å². The summed E-state index contributed by atoms with van der Waals surface area (Å²) in [5.41, 5.74) is 0. The van der Waals surface area contributed by atoms with Gasteiger partial charge in [-0.2, -0.15) is 123 Å². The molecule has 0 saturated carbocycles. The number of hydrogen-bond acceptors (Lipinski definition) is 1. The summed E-state index contributed by atoms with van der Waals surface area (Å²) in [5, 5.41) is 7.43. The Hall–Kier alpha value is -2.33. The first-order chi connectivity index (χ1) is 18.8. The Bertz CT molecular complexity index is 1130. The van der Waals surface area contributed by atoms with Crippen molar-refractivity contribution in [2.75, 3.05) is 0 Å². The van der Waals surface area contributed by atoms with E-state index in [0.29, 0.717) is 0 Å². The van der Waals surface area contributed by atoms with Crippen LogP contribution in [0.3, 0.4) is 0 Å². The molecule has 0 aromatic carbocycles. The standard InChI is InChI=1S/C15HF29O/c16-1(2(17)4(20,21)22)3(18,19)5(23,24)6(25,26)7(27,28)8(29,30)9(31,32)10(33,34)11(35,36)12(37,38)13(39,40)14(41,42)15(43,44)45/h45H/b2-1+. The number of allylic oxidation sites excluding steroid dienone is 2. The molecule has 0 atom stereocenters. The second kappa shape index (κ2) is 10.3. The van der Waals surface area contributed by atoms with Crippen molar-refractivity contribution in [1.82, 2.24) is 0 Å². The van der Waals surface area contributed by atoms with Crippen molar-refractivity contribution in [3.63, 3.8) is 0 Å². The van der Waals surface area contributed by atoms with Crippen molar-refractivity contribution in [3.8, 4) is 0 Å². The van der Waals surface area contributed by atoms with Gasteiger partial charge in [0.2, 0.25) is 11.7 Å². The molecule has 0 bridgehead atoms. The summed E-state index contributed by atoms with van der Waals surface area (Å²) < 4.78 is 380. The second-order valence-electron chi connectivity index (χ2n) is 7.99. The van der Waals surface area contributed by atoms with Crippen LogP contribution in [0.5, 0.6) is 0 Å². The molecule has 0 heterocycles. The van der Waals surface area contributed by atoms with Gasteiger partial charge in [-0.25, -0.2) is 4.39 Å². The third kappa shape index (κ3) is 5.17. The van der Waals surface area contributed by atoms with Crippen molar-refractivity contribution >= 4 is 0 Å². The van der Waals surface area contributed by atoms with Crippen LogP contribution in [0.4, 0.5) is 127 Å². The molecular formula is C15HF29O. The molecule has 0 aliphatic heterocycles. The first-order valence-corrected chi connectivity index (χ1v) is 9.20. The molecule has 45 heavy (non-hydrogen) atoms. The molecule has 0 radical (unpaired) electrons. The molecule has 1 N–H and O–H groups in total. The monoisotopic (exact) mass is 748 g/mol. The number of halogens is 29. The summed E-state index contributed by atoms with van der Waals surface area (Å²) in [6.07, 6.45) is -15.1. The summed E-state index contributed by atoms with van der Waals surface area (Å²) in [5.74, 6) is -115. The van der Waals surface area contributed by atoms with Gasteiger partial charge in [0.05, 0.1) is 0 Å². The number of rotatable bonds is 12. The average Bonchev–Trinajstić information content (AvgIpc) is 2.80. The summed E-state index contributed by atoms with van der Waals surface area (Å²) >= 11 is 0. The molecule has 0 spiro atoms. The molecule has 0 aliphatic carbocycles. The Labute approximate surface area is 223 Å². The second-order valence-corrected chi connectivity index (χ2v) is 7.99. The van der Waals surface area contributed by atoms with Crippen LogP contribution in [0.25, 0.3) is 0 Å². The molecule has 0 saturated heterocycles. The SMILES string of the molecule is OC(F)(F)C(F)(F)C(F)(F)C(F)(F)C(F)(F)C(F)(F)C(F)(F)C(F)(F)C(F)(F)C(F)(F)C(F)(F)C(F)(F)/C(F)=C(\F)C(F)(F)F. The Morgan fingerprint density at radius 2 is 0.444 bits per heavy atom. The van der Waals surface area contributed by atoms with Gasteiger partial charge in [0, 0.05) is 0 Å². The van der Waals surface area contributed by atoms with Gasteiger partial charge >= 0.3 is 77.4 Å². The van der Waals surface area contributed by atoms with E-state index in [-0.39, 0.29) is 0 Å². The van der Waals surface area contributed by atoms with Crippen LogP contribution in [-0.4, -0.2) is 82.5 Å². The average molecular weight is 748 g/mol. The van der Waals surface area contributed by atoms with Gasteiger partial charge in [-0.05, 0) is 0 Å². The zero-order chi connectivity index (χ0) is 37.7. The molecule has 0 unspecified atom stereocenters. The normalized spacial score (nSPS) is 17.5. The van der Waals surface area contributed by atoms with E-state index in [9.17, 15) is 127 Å². The Morgan fingerprint density at radius 3 is 0.622 bits per heavy atom. The fourth-order valence-electron chi connectivity index (χ4n) is 2.36. The summed E-state index contributed by atoms with van der Waals surface area (Å²) in [6.45, 7) is 0. The highest BCUT2D eigenvalue weighted by Gasteiger charge is 2.99. The van der Waals surface area contributed by atoms with E-state index in [1.54, 1.807) is 0 Å². The summed E-state index contributed by atoms with van der Waals surface area (Å²) in [4.78, 5) is 0. The third-order valence-electron chi connectivity index (χ3n) is 5.04. The van der Waals surface area contributed by atoms with E-state index in [4.69, 9.17) is 5.11 Å². The molecule has 0 aromatic heterocycles. The third-order valence-corrected chi connectivity index (χ3v) is 5.04. The highest BCUT2D eigenvalue weighted by atomic mass is 19.4.